The Morgan fingerprint density at radius 3 is 1.41 bits per heavy atom. The Hall–Kier alpha value is -6.79. The van der Waals surface area contributed by atoms with E-state index in [0.717, 1.165) is 50.3 Å². The molecule has 11 rings (SSSR count). The first-order valence-electron chi connectivity index (χ1n) is 18.6. The van der Waals surface area contributed by atoms with Crippen molar-refractivity contribution in [2.75, 3.05) is 0 Å². The molecule has 262 valence electrons. The van der Waals surface area contributed by atoms with Crippen LogP contribution in [0, 0.1) is 0 Å². The Morgan fingerprint density at radius 2 is 0.768 bits per heavy atom. The van der Waals surface area contributed by atoms with Crippen LogP contribution in [0.4, 0.5) is 0 Å². The van der Waals surface area contributed by atoms with E-state index in [0.29, 0.717) is 5.82 Å². The first kappa shape index (κ1) is 32.6. The summed E-state index contributed by atoms with van der Waals surface area (Å²) in [6.45, 7) is 0. The van der Waals surface area contributed by atoms with Crippen LogP contribution in [0.3, 0.4) is 0 Å². The average Bonchev–Trinajstić information content (AvgIpc) is 3.84. The van der Waals surface area contributed by atoms with Gasteiger partial charge in [-0.3, -0.25) is 4.98 Å². The van der Waals surface area contributed by atoms with Crippen LogP contribution in [0.25, 0.3) is 108 Å². The molecule has 0 radical (unpaired) electrons. The molecule has 5 heteroatoms. The lowest BCUT2D eigenvalue weighted by atomic mass is 9.93. The molecule has 11 aromatic rings. The van der Waals surface area contributed by atoms with Gasteiger partial charge in [0.05, 0.1) is 11.4 Å². The summed E-state index contributed by atoms with van der Waals surface area (Å²) >= 11 is 3.70. The molecule has 56 heavy (non-hydrogen) atoms. The molecule has 0 amide bonds. The third kappa shape index (κ3) is 5.86. The lowest BCUT2D eigenvalue weighted by Crippen LogP contribution is -1.97. The standard InChI is InChI=1S/C51H31N3S2/c1-2-9-33(10-3-1)51-53-45(37-12-8-11-34(25-37)32-21-23-52-24-22-32)31-46(54-51)40-27-38(35-17-19-49-43(29-35)41-13-4-6-15-47(41)55-49)26-39(28-40)36-18-20-50-44(30-36)42-14-5-7-16-48(42)56-50/h1-31H. The zero-order chi connectivity index (χ0) is 37.0. The van der Waals surface area contributed by atoms with Gasteiger partial charge in [-0.15, -0.1) is 22.7 Å². The van der Waals surface area contributed by atoms with Crippen LogP contribution in [0.1, 0.15) is 0 Å². The van der Waals surface area contributed by atoms with Crippen LogP contribution in [-0.4, -0.2) is 15.0 Å². The minimum atomic E-state index is 0.691. The van der Waals surface area contributed by atoms with E-state index in [4.69, 9.17) is 9.97 Å². The van der Waals surface area contributed by atoms with Crippen LogP contribution in [0.5, 0.6) is 0 Å². The molecule has 0 atom stereocenters. The highest BCUT2D eigenvalue weighted by Gasteiger charge is 2.16. The second kappa shape index (κ2) is 13.5. The van der Waals surface area contributed by atoms with Gasteiger partial charge < -0.3 is 0 Å². The van der Waals surface area contributed by atoms with E-state index in [1.54, 1.807) is 0 Å². The molecule has 0 saturated carbocycles. The third-order valence-electron chi connectivity index (χ3n) is 10.6. The zero-order valence-corrected chi connectivity index (χ0v) is 31.7. The van der Waals surface area contributed by atoms with Crippen molar-refractivity contribution in [1.29, 1.82) is 0 Å². The van der Waals surface area contributed by atoms with Gasteiger partial charge in [-0.2, -0.15) is 0 Å². The predicted molar refractivity (Wildman–Crippen MR) is 238 cm³/mol. The number of nitrogens with zero attached hydrogens (tertiary/aromatic N) is 3. The van der Waals surface area contributed by atoms with Gasteiger partial charge in [-0.05, 0) is 112 Å². The van der Waals surface area contributed by atoms with Crippen molar-refractivity contribution in [3.8, 4) is 67.3 Å². The Kier molecular flexibility index (Phi) is 7.87. The van der Waals surface area contributed by atoms with Gasteiger partial charge in [0, 0.05) is 69.4 Å². The zero-order valence-electron chi connectivity index (χ0n) is 30.1. The van der Waals surface area contributed by atoms with Gasteiger partial charge in [-0.25, -0.2) is 9.97 Å². The topological polar surface area (TPSA) is 38.7 Å². The number of aromatic nitrogens is 3. The summed E-state index contributed by atoms with van der Waals surface area (Å²) < 4.78 is 5.20. The molecular formula is C51H31N3S2. The largest absolute Gasteiger partial charge is 0.265 e. The molecule has 0 bridgehead atoms. The first-order chi connectivity index (χ1) is 27.7. The van der Waals surface area contributed by atoms with E-state index < -0.39 is 0 Å². The summed E-state index contributed by atoms with van der Waals surface area (Å²) in [6.07, 6.45) is 3.67. The average molecular weight is 750 g/mol. The molecule has 0 aliphatic heterocycles. The lowest BCUT2D eigenvalue weighted by Gasteiger charge is -2.14. The van der Waals surface area contributed by atoms with E-state index in [-0.39, 0.29) is 0 Å². The number of rotatable bonds is 6. The molecule has 0 N–H and O–H groups in total. The summed E-state index contributed by atoms with van der Waals surface area (Å²) in [5, 5.41) is 5.15. The molecule has 0 saturated heterocycles. The van der Waals surface area contributed by atoms with Crippen LogP contribution >= 0.6 is 22.7 Å². The fraction of sp³-hybridized carbons (Fsp3) is 0. The molecule has 4 heterocycles. The van der Waals surface area contributed by atoms with Gasteiger partial charge in [0.25, 0.3) is 0 Å². The molecule has 4 aromatic heterocycles. The van der Waals surface area contributed by atoms with E-state index in [2.05, 4.69) is 151 Å². The quantitative estimate of drug-likeness (QED) is 0.170. The van der Waals surface area contributed by atoms with Crippen LogP contribution in [0.15, 0.2) is 188 Å². The summed E-state index contributed by atoms with van der Waals surface area (Å²) in [7, 11) is 0. The maximum absolute atomic E-state index is 5.30. The fourth-order valence-electron chi connectivity index (χ4n) is 7.78. The molecule has 0 fully saturated rings. The highest BCUT2D eigenvalue weighted by atomic mass is 32.1. The van der Waals surface area contributed by atoms with Crippen LogP contribution < -0.4 is 0 Å². The Balaban J connectivity index is 1.13. The number of benzene rings is 7. The molecule has 7 aromatic carbocycles. The molecular weight excluding hydrogens is 719 g/mol. The maximum atomic E-state index is 5.30. The van der Waals surface area contributed by atoms with Crippen molar-refractivity contribution in [3.63, 3.8) is 0 Å². The number of hydrogen-bond donors (Lipinski definition) is 0. The molecule has 0 aliphatic carbocycles. The van der Waals surface area contributed by atoms with Crippen LogP contribution in [0.2, 0.25) is 0 Å². The Bertz CT molecular complexity index is 3120. The summed E-state index contributed by atoms with van der Waals surface area (Å²) in [6, 6.07) is 63.2. The van der Waals surface area contributed by atoms with Crippen molar-refractivity contribution in [3.05, 3.63) is 188 Å². The molecule has 0 aliphatic rings. The second-order valence-electron chi connectivity index (χ2n) is 14.1. The number of thiophene rings is 2. The summed E-state index contributed by atoms with van der Waals surface area (Å²) in [5.74, 6) is 0.691. The predicted octanol–water partition coefficient (Wildman–Crippen LogP) is 14.6. The summed E-state index contributed by atoms with van der Waals surface area (Å²) in [5.41, 5.74) is 11.6. The number of pyridine rings is 1. The number of fused-ring (bicyclic) bond motifs is 6. The van der Waals surface area contributed by atoms with Gasteiger partial charge in [0.2, 0.25) is 0 Å². The van der Waals surface area contributed by atoms with Gasteiger partial charge >= 0.3 is 0 Å². The minimum Gasteiger partial charge on any atom is -0.265 e. The molecule has 3 nitrogen and oxygen atoms in total. The highest BCUT2D eigenvalue weighted by molar-refractivity contribution is 7.26. The third-order valence-corrected chi connectivity index (χ3v) is 12.9. The second-order valence-corrected chi connectivity index (χ2v) is 16.2. The highest BCUT2D eigenvalue weighted by Crippen LogP contribution is 2.41. The van der Waals surface area contributed by atoms with Crippen molar-refractivity contribution in [2.24, 2.45) is 0 Å². The van der Waals surface area contributed by atoms with E-state index >= 15 is 0 Å². The molecule has 0 unspecified atom stereocenters. The van der Waals surface area contributed by atoms with Crippen molar-refractivity contribution in [2.45, 2.75) is 0 Å². The minimum absolute atomic E-state index is 0.691. The lowest BCUT2D eigenvalue weighted by molar-refractivity contribution is 1.18. The van der Waals surface area contributed by atoms with Gasteiger partial charge in [0.1, 0.15) is 0 Å². The maximum Gasteiger partial charge on any atom is 0.160 e. The Labute approximate surface area is 331 Å². The first-order valence-corrected chi connectivity index (χ1v) is 20.3. The van der Waals surface area contributed by atoms with Crippen LogP contribution in [-0.2, 0) is 0 Å². The smallest absolute Gasteiger partial charge is 0.160 e. The van der Waals surface area contributed by atoms with E-state index in [1.165, 1.54) is 51.5 Å². The summed E-state index contributed by atoms with van der Waals surface area (Å²) in [4.78, 5) is 14.7. The fourth-order valence-corrected chi connectivity index (χ4v) is 9.95. The Morgan fingerprint density at radius 1 is 0.286 bits per heavy atom. The monoisotopic (exact) mass is 749 g/mol. The SMILES string of the molecule is c1ccc(-c2nc(-c3cccc(-c4ccncc4)c3)cc(-c3cc(-c4ccc5sc6ccccc6c5c4)cc(-c4ccc5sc6ccccc6c5c4)c3)n2)cc1. The van der Waals surface area contributed by atoms with Gasteiger partial charge in [0.15, 0.2) is 5.82 Å². The van der Waals surface area contributed by atoms with Gasteiger partial charge in [-0.1, -0.05) is 97.1 Å². The van der Waals surface area contributed by atoms with Crippen molar-refractivity contribution < 1.29 is 0 Å². The van der Waals surface area contributed by atoms with Crippen molar-refractivity contribution in [1.82, 2.24) is 15.0 Å². The number of hydrogen-bond acceptors (Lipinski definition) is 5. The van der Waals surface area contributed by atoms with E-state index in [1.807, 2.05) is 65.4 Å². The van der Waals surface area contributed by atoms with E-state index in [9.17, 15) is 0 Å². The normalized spacial score (nSPS) is 11.6. The molecule has 0 spiro atoms. The van der Waals surface area contributed by atoms with Crippen molar-refractivity contribution >= 4 is 63.0 Å².